The molecule has 28 heavy (non-hydrogen) atoms. The van der Waals surface area contributed by atoms with Gasteiger partial charge in [-0.1, -0.05) is 12.1 Å². The molecule has 9 nitrogen and oxygen atoms in total. The predicted octanol–water partition coefficient (Wildman–Crippen LogP) is 0.372. The van der Waals surface area contributed by atoms with Crippen LogP contribution in [-0.4, -0.2) is 61.9 Å². The first-order valence-electron chi connectivity index (χ1n) is 8.94. The second-order valence-electron chi connectivity index (χ2n) is 7.12. The minimum Gasteiger partial charge on any atom is -0.497 e. The smallest absolute Gasteiger partial charge is 0.325 e. The number of carbonyl (C=O) groups excluding carboxylic acids is 3. The topological polar surface area (TPSA) is 122 Å². The number of rotatable bonds is 5. The molecule has 3 rings (SSSR count). The van der Waals surface area contributed by atoms with Crippen LogP contribution in [0, 0.1) is 0 Å². The molecule has 0 radical (unpaired) electrons. The number of amides is 4. The van der Waals surface area contributed by atoms with Crippen LogP contribution in [0.4, 0.5) is 4.79 Å². The van der Waals surface area contributed by atoms with Gasteiger partial charge >= 0.3 is 6.03 Å². The fourth-order valence-electron chi connectivity index (χ4n) is 3.45. The van der Waals surface area contributed by atoms with Gasteiger partial charge in [-0.15, -0.1) is 0 Å². The quantitative estimate of drug-likeness (QED) is 0.678. The first-order chi connectivity index (χ1) is 13.2. The molecule has 0 bridgehead atoms. The monoisotopic (exact) mass is 409 g/mol. The van der Waals surface area contributed by atoms with Crippen molar-refractivity contribution in [3.05, 3.63) is 29.8 Å². The number of methoxy groups -OCH3 is 1. The molecule has 1 aromatic rings. The Balaban J connectivity index is 1.62. The molecule has 0 saturated carbocycles. The fourth-order valence-corrected chi connectivity index (χ4v) is 4.97. The highest BCUT2D eigenvalue weighted by atomic mass is 32.2. The van der Waals surface area contributed by atoms with E-state index in [9.17, 15) is 22.8 Å². The molecule has 4 amide bonds. The summed E-state index contributed by atoms with van der Waals surface area (Å²) in [6.07, 6.45) is 0.0561. The number of hydrogen-bond donors (Lipinski definition) is 2. The first kappa shape index (κ1) is 20.1. The van der Waals surface area contributed by atoms with E-state index in [4.69, 9.17) is 4.74 Å². The van der Waals surface area contributed by atoms with Crippen LogP contribution < -0.4 is 15.4 Å². The molecule has 1 aromatic carbocycles. The van der Waals surface area contributed by atoms with Gasteiger partial charge in [-0.3, -0.25) is 14.5 Å². The molecule has 2 aliphatic rings. The molecule has 2 aliphatic heterocycles. The molecular weight excluding hydrogens is 386 g/mol. The van der Waals surface area contributed by atoms with E-state index in [2.05, 4.69) is 10.6 Å². The lowest BCUT2D eigenvalue weighted by Crippen LogP contribution is -2.52. The maximum Gasteiger partial charge on any atom is 0.325 e. The summed E-state index contributed by atoms with van der Waals surface area (Å²) in [5, 5.41) is 5.35. The predicted molar refractivity (Wildman–Crippen MR) is 100 cm³/mol. The second-order valence-corrected chi connectivity index (χ2v) is 9.42. The molecule has 0 aromatic heterocycles. The van der Waals surface area contributed by atoms with E-state index < -0.39 is 39.8 Å². The zero-order chi connectivity index (χ0) is 20.5. The van der Waals surface area contributed by atoms with Crippen LogP contribution in [0.25, 0.3) is 0 Å². The number of urea groups is 1. The van der Waals surface area contributed by atoms with Gasteiger partial charge in [0.05, 0.1) is 24.7 Å². The van der Waals surface area contributed by atoms with Crippen LogP contribution in [0.2, 0.25) is 0 Å². The Morgan fingerprint density at radius 2 is 1.86 bits per heavy atom. The third-order valence-electron chi connectivity index (χ3n) is 5.22. The number of nitrogens with zero attached hydrogens (tertiary/aromatic N) is 1. The van der Waals surface area contributed by atoms with Gasteiger partial charge in [0.2, 0.25) is 5.91 Å². The number of ether oxygens (including phenoxy) is 1. The fraction of sp³-hybridized carbons (Fsp3) is 0.500. The van der Waals surface area contributed by atoms with Crippen molar-refractivity contribution >= 4 is 27.7 Å². The maximum atomic E-state index is 12.7. The lowest BCUT2D eigenvalue weighted by molar-refractivity contribution is -0.135. The van der Waals surface area contributed by atoms with Gasteiger partial charge in [0.25, 0.3) is 5.91 Å². The van der Waals surface area contributed by atoms with Gasteiger partial charge in [-0.25, -0.2) is 13.2 Å². The number of carbonyl (C=O) groups is 3. The molecule has 10 heteroatoms. The van der Waals surface area contributed by atoms with E-state index in [1.165, 1.54) is 0 Å². The lowest BCUT2D eigenvalue weighted by atomic mass is 9.92. The number of hydrogen-bond acceptors (Lipinski definition) is 6. The number of imide groups is 1. The lowest BCUT2D eigenvalue weighted by Gasteiger charge is -2.30. The highest BCUT2D eigenvalue weighted by molar-refractivity contribution is 7.91. The van der Waals surface area contributed by atoms with E-state index in [0.29, 0.717) is 5.75 Å². The Morgan fingerprint density at radius 1 is 1.25 bits per heavy atom. The third kappa shape index (κ3) is 3.96. The van der Waals surface area contributed by atoms with Crippen molar-refractivity contribution in [1.82, 2.24) is 15.5 Å². The number of benzene rings is 1. The Bertz CT molecular complexity index is 882. The Morgan fingerprint density at radius 3 is 2.43 bits per heavy atom. The first-order valence-corrected chi connectivity index (χ1v) is 10.8. The summed E-state index contributed by atoms with van der Waals surface area (Å²) in [4.78, 5) is 38.2. The average Bonchev–Trinajstić information content (AvgIpc) is 2.89. The molecule has 2 saturated heterocycles. The average molecular weight is 409 g/mol. The molecular formula is C18H23N3O6S. The summed E-state index contributed by atoms with van der Waals surface area (Å²) in [5.74, 6) is -0.644. The van der Waals surface area contributed by atoms with Crippen molar-refractivity contribution in [2.24, 2.45) is 0 Å². The standard InChI is InChI=1S/C18H23N3O6S/c1-12(13-3-5-14(27-2)6-4-13)19-15(22)11-21-16(23)18(20-17(21)24)7-9-28(25,26)10-8-18/h3-6,12H,7-11H2,1-2H3,(H,19,22)(H,20,24)/t12-/m1/s1. The largest absolute Gasteiger partial charge is 0.497 e. The van der Waals surface area contributed by atoms with Crippen molar-refractivity contribution in [2.75, 3.05) is 25.2 Å². The number of sulfone groups is 1. The van der Waals surface area contributed by atoms with Crippen LogP contribution >= 0.6 is 0 Å². The maximum absolute atomic E-state index is 12.7. The van der Waals surface area contributed by atoms with Crippen molar-refractivity contribution in [3.8, 4) is 5.75 Å². The van der Waals surface area contributed by atoms with E-state index in [1.54, 1.807) is 26.2 Å². The van der Waals surface area contributed by atoms with Gasteiger partial charge < -0.3 is 15.4 Å². The molecule has 1 spiro atoms. The normalized spacial score (nSPS) is 21.3. The highest BCUT2D eigenvalue weighted by Crippen LogP contribution is 2.30. The van der Waals surface area contributed by atoms with Crippen LogP contribution in [0.1, 0.15) is 31.4 Å². The minimum atomic E-state index is -3.19. The van der Waals surface area contributed by atoms with Crippen molar-refractivity contribution in [3.63, 3.8) is 0 Å². The Labute approximate surface area is 163 Å². The summed E-state index contributed by atoms with van der Waals surface area (Å²) in [6, 6.07) is 6.18. The second kappa shape index (κ2) is 7.42. The van der Waals surface area contributed by atoms with Crippen molar-refractivity contribution < 1.29 is 27.5 Å². The van der Waals surface area contributed by atoms with Crippen LogP contribution in [0.5, 0.6) is 5.75 Å². The summed E-state index contributed by atoms with van der Waals surface area (Å²) in [6.45, 7) is 1.37. The molecule has 1 atom stereocenters. The zero-order valence-electron chi connectivity index (χ0n) is 15.7. The van der Waals surface area contributed by atoms with E-state index in [0.717, 1.165) is 10.5 Å². The molecule has 0 unspecified atom stereocenters. The van der Waals surface area contributed by atoms with Gasteiger partial charge in [-0.2, -0.15) is 0 Å². The molecule has 2 N–H and O–H groups in total. The summed E-state index contributed by atoms with van der Waals surface area (Å²) >= 11 is 0. The van der Waals surface area contributed by atoms with Crippen molar-refractivity contribution in [1.29, 1.82) is 0 Å². The summed E-state index contributed by atoms with van der Waals surface area (Å²) in [5.41, 5.74) is -0.370. The Kier molecular flexibility index (Phi) is 5.33. The van der Waals surface area contributed by atoms with E-state index in [-0.39, 0.29) is 30.4 Å². The van der Waals surface area contributed by atoms with Gasteiger partial charge in [-0.05, 0) is 37.5 Å². The summed E-state index contributed by atoms with van der Waals surface area (Å²) < 4.78 is 28.3. The third-order valence-corrected chi connectivity index (χ3v) is 6.87. The molecule has 0 aliphatic carbocycles. The number of nitrogens with one attached hydrogen (secondary N) is 2. The van der Waals surface area contributed by atoms with Crippen LogP contribution in [-0.2, 0) is 19.4 Å². The van der Waals surface area contributed by atoms with Gasteiger partial charge in [0.15, 0.2) is 9.84 Å². The van der Waals surface area contributed by atoms with E-state index >= 15 is 0 Å². The van der Waals surface area contributed by atoms with E-state index in [1.807, 2.05) is 12.1 Å². The van der Waals surface area contributed by atoms with Crippen LogP contribution in [0.3, 0.4) is 0 Å². The molecule has 2 fully saturated rings. The minimum absolute atomic E-state index is 0.0281. The van der Waals surface area contributed by atoms with Gasteiger partial charge in [0.1, 0.15) is 17.8 Å². The van der Waals surface area contributed by atoms with Crippen LogP contribution in [0.15, 0.2) is 24.3 Å². The highest BCUT2D eigenvalue weighted by Gasteiger charge is 2.53. The van der Waals surface area contributed by atoms with Gasteiger partial charge in [0, 0.05) is 0 Å². The van der Waals surface area contributed by atoms with Crippen molar-refractivity contribution in [2.45, 2.75) is 31.3 Å². The Hall–Kier alpha value is -2.62. The molecule has 2 heterocycles. The summed E-state index contributed by atoms with van der Waals surface area (Å²) in [7, 11) is -1.63. The molecule has 152 valence electrons. The zero-order valence-corrected chi connectivity index (χ0v) is 16.5. The SMILES string of the molecule is COc1ccc([C@@H](C)NC(=O)CN2C(=O)NC3(CCS(=O)(=O)CC3)C2=O)cc1.